The number of aromatic nitrogens is 3. The minimum atomic E-state index is -0.130. The molecule has 3 N–H and O–H groups in total. The van der Waals surface area contributed by atoms with Crippen LogP contribution in [0.5, 0.6) is 0 Å². The van der Waals surface area contributed by atoms with Crippen LogP contribution in [0.3, 0.4) is 0 Å². The average molecular weight is 335 g/mol. The van der Waals surface area contributed by atoms with Gasteiger partial charge >= 0.3 is 0 Å². The summed E-state index contributed by atoms with van der Waals surface area (Å²) in [6.45, 7) is 2.06. The first-order chi connectivity index (χ1) is 10.6. The van der Waals surface area contributed by atoms with E-state index in [1.54, 1.807) is 0 Å². The topological polar surface area (TPSA) is 107 Å². The van der Waals surface area contributed by atoms with E-state index in [1.165, 1.54) is 22.7 Å². The van der Waals surface area contributed by atoms with Crippen LogP contribution in [0.15, 0.2) is 22.0 Å². The summed E-state index contributed by atoms with van der Waals surface area (Å²) in [4.78, 5) is 22.0. The Labute approximate surface area is 134 Å². The van der Waals surface area contributed by atoms with Gasteiger partial charge in [-0.2, -0.15) is 4.98 Å². The second-order valence-electron chi connectivity index (χ2n) is 4.51. The van der Waals surface area contributed by atoms with E-state index in [9.17, 15) is 4.79 Å². The molecule has 0 saturated carbocycles. The number of carbonyl (C=O) groups excluding carboxylic acids is 1. The van der Waals surface area contributed by atoms with Crippen LogP contribution in [-0.2, 0) is 17.8 Å². The van der Waals surface area contributed by atoms with Crippen molar-refractivity contribution in [3.05, 3.63) is 33.9 Å². The van der Waals surface area contributed by atoms with E-state index in [0.29, 0.717) is 16.8 Å². The summed E-state index contributed by atoms with van der Waals surface area (Å²) in [6, 6.07) is 3.81. The summed E-state index contributed by atoms with van der Waals surface area (Å²) >= 11 is 2.84. The molecule has 0 fully saturated rings. The number of amides is 1. The lowest BCUT2D eigenvalue weighted by Crippen LogP contribution is -2.25. The van der Waals surface area contributed by atoms with Crippen LogP contribution >= 0.6 is 22.7 Å². The first-order valence-electron chi connectivity index (χ1n) is 6.47. The Bertz CT molecular complexity index is 778. The van der Waals surface area contributed by atoms with Crippen LogP contribution in [0.2, 0.25) is 0 Å². The van der Waals surface area contributed by atoms with Crippen molar-refractivity contribution in [1.29, 1.82) is 0 Å². The van der Waals surface area contributed by atoms with Crippen molar-refractivity contribution in [2.75, 3.05) is 5.73 Å². The number of hydrogen-bond donors (Lipinski definition) is 2. The van der Waals surface area contributed by atoms with Crippen molar-refractivity contribution >= 4 is 33.7 Å². The zero-order chi connectivity index (χ0) is 15.5. The van der Waals surface area contributed by atoms with Crippen molar-refractivity contribution in [2.24, 2.45) is 0 Å². The summed E-state index contributed by atoms with van der Waals surface area (Å²) in [5.41, 5.74) is 6.40. The second kappa shape index (κ2) is 6.24. The Hall–Kier alpha value is -2.26. The fourth-order valence-corrected chi connectivity index (χ4v) is 3.30. The quantitative estimate of drug-likeness (QED) is 0.738. The Kier molecular flexibility index (Phi) is 4.16. The summed E-state index contributed by atoms with van der Waals surface area (Å²) < 4.78 is 5.16. The lowest BCUT2D eigenvalue weighted by atomic mass is 10.3. The largest absolute Gasteiger partial charge is 0.375 e. The van der Waals surface area contributed by atoms with Crippen LogP contribution in [-0.4, -0.2) is 21.0 Å². The van der Waals surface area contributed by atoms with E-state index in [-0.39, 0.29) is 18.9 Å². The molecule has 7 nitrogen and oxygen atoms in total. The normalized spacial score (nSPS) is 10.8. The van der Waals surface area contributed by atoms with Gasteiger partial charge in [0.05, 0.1) is 23.5 Å². The maximum atomic E-state index is 11.9. The molecule has 3 aromatic rings. The van der Waals surface area contributed by atoms with Gasteiger partial charge < -0.3 is 15.6 Å². The predicted molar refractivity (Wildman–Crippen MR) is 84.4 cm³/mol. The number of thiazole rings is 1. The average Bonchev–Trinajstić information content (AvgIpc) is 3.19. The molecule has 1 amide bonds. The van der Waals surface area contributed by atoms with Gasteiger partial charge in [-0.3, -0.25) is 4.79 Å². The van der Waals surface area contributed by atoms with Crippen LogP contribution in [0.1, 0.15) is 16.4 Å². The molecule has 0 radical (unpaired) electrons. The van der Waals surface area contributed by atoms with Crippen LogP contribution < -0.4 is 11.1 Å². The van der Waals surface area contributed by atoms with Gasteiger partial charge in [-0.1, -0.05) is 11.2 Å². The van der Waals surface area contributed by atoms with Crippen molar-refractivity contribution in [3.8, 4) is 10.8 Å². The molecule has 3 aromatic heterocycles. The number of nitrogens with two attached hydrogens (primary N) is 1. The van der Waals surface area contributed by atoms with Crippen molar-refractivity contribution in [2.45, 2.75) is 19.9 Å². The highest BCUT2D eigenvalue weighted by molar-refractivity contribution is 7.15. The van der Waals surface area contributed by atoms with Gasteiger partial charge in [0, 0.05) is 4.88 Å². The highest BCUT2D eigenvalue weighted by atomic mass is 32.1. The highest BCUT2D eigenvalue weighted by Gasteiger charge is 2.13. The highest BCUT2D eigenvalue weighted by Crippen LogP contribution is 2.22. The van der Waals surface area contributed by atoms with Gasteiger partial charge in [0.1, 0.15) is 0 Å². The van der Waals surface area contributed by atoms with E-state index in [0.717, 1.165) is 15.4 Å². The van der Waals surface area contributed by atoms with E-state index in [1.807, 2.05) is 24.4 Å². The molecule has 0 aliphatic rings. The van der Waals surface area contributed by atoms with E-state index >= 15 is 0 Å². The minimum Gasteiger partial charge on any atom is -0.375 e. The molecule has 0 atom stereocenters. The van der Waals surface area contributed by atoms with Gasteiger partial charge in [-0.25, -0.2) is 4.98 Å². The third-order valence-corrected chi connectivity index (χ3v) is 4.72. The molecule has 0 saturated heterocycles. The van der Waals surface area contributed by atoms with Crippen molar-refractivity contribution in [1.82, 2.24) is 20.4 Å². The standard InChI is InChI=1S/C13H13N5O2S2/c1-7-9(22-13(14)16-7)5-11(19)15-6-10-17-12(20-18-10)8-3-2-4-21-8/h2-4H,5-6H2,1H3,(H2,14,16)(H,15,19). The third kappa shape index (κ3) is 3.31. The van der Waals surface area contributed by atoms with Gasteiger partial charge in [-0.15, -0.1) is 22.7 Å². The molecule has 22 heavy (non-hydrogen) atoms. The maximum absolute atomic E-state index is 11.9. The van der Waals surface area contributed by atoms with E-state index in [2.05, 4.69) is 20.4 Å². The molecule has 0 spiro atoms. The fraction of sp³-hybridized carbons (Fsp3) is 0.231. The second-order valence-corrected chi connectivity index (χ2v) is 6.57. The number of hydrogen-bond acceptors (Lipinski definition) is 8. The Morgan fingerprint density at radius 3 is 3.00 bits per heavy atom. The molecule has 0 aromatic carbocycles. The molecule has 0 bridgehead atoms. The van der Waals surface area contributed by atoms with Crippen LogP contribution in [0.4, 0.5) is 5.13 Å². The van der Waals surface area contributed by atoms with E-state index < -0.39 is 0 Å². The number of nitrogens with one attached hydrogen (secondary N) is 1. The maximum Gasteiger partial charge on any atom is 0.268 e. The van der Waals surface area contributed by atoms with E-state index in [4.69, 9.17) is 10.3 Å². The monoisotopic (exact) mass is 335 g/mol. The van der Waals surface area contributed by atoms with Crippen molar-refractivity contribution in [3.63, 3.8) is 0 Å². The lowest BCUT2D eigenvalue weighted by Gasteiger charge is -2.00. The zero-order valence-electron chi connectivity index (χ0n) is 11.7. The minimum absolute atomic E-state index is 0.130. The molecule has 114 valence electrons. The third-order valence-electron chi connectivity index (χ3n) is 2.87. The summed E-state index contributed by atoms with van der Waals surface area (Å²) in [6.07, 6.45) is 0.246. The van der Waals surface area contributed by atoms with Gasteiger partial charge in [-0.05, 0) is 18.4 Å². The predicted octanol–water partition coefficient (Wildman–Crippen LogP) is 2.00. The molecule has 0 aliphatic heterocycles. The smallest absolute Gasteiger partial charge is 0.268 e. The Morgan fingerprint density at radius 2 is 2.32 bits per heavy atom. The lowest BCUT2D eigenvalue weighted by molar-refractivity contribution is -0.120. The molecular formula is C13H13N5O2S2. The van der Waals surface area contributed by atoms with Gasteiger partial charge in [0.15, 0.2) is 11.0 Å². The number of nitrogens with zero attached hydrogens (tertiary/aromatic N) is 3. The number of thiophene rings is 1. The number of rotatable bonds is 5. The summed E-state index contributed by atoms with van der Waals surface area (Å²) in [5, 5.41) is 9.01. The van der Waals surface area contributed by atoms with Gasteiger partial charge in [0.2, 0.25) is 5.91 Å². The van der Waals surface area contributed by atoms with Crippen molar-refractivity contribution < 1.29 is 9.32 Å². The molecule has 0 unspecified atom stereocenters. The van der Waals surface area contributed by atoms with Crippen LogP contribution in [0, 0.1) is 6.92 Å². The Balaban J connectivity index is 1.56. The number of carbonyl (C=O) groups is 1. The zero-order valence-corrected chi connectivity index (χ0v) is 13.3. The number of aryl methyl sites for hydroxylation is 1. The van der Waals surface area contributed by atoms with Gasteiger partial charge in [0.25, 0.3) is 5.89 Å². The molecule has 3 heterocycles. The molecule has 0 aliphatic carbocycles. The Morgan fingerprint density at radius 1 is 1.45 bits per heavy atom. The molecular weight excluding hydrogens is 322 g/mol. The van der Waals surface area contributed by atoms with Crippen LogP contribution in [0.25, 0.3) is 10.8 Å². The SMILES string of the molecule is Cc1nc(N)sc1CC(=O)NCc1noc(-c2cccs2)n1. The first kappa shape index (κ1) is 14.7. The fourth-order valence-electron chi connectivity index (χ4n) is 1.83. The number of anilines is 1. The molecule has 3 rings (SSSR count). The molecule has 9 heteroatoms. The number of nitrogen functional groups attached to an aromatic ring is 1. The summed E-state index contributed by atoms with van der Waals surface area (Å²) in [5.74, 6) is 0.775. The summed E-state index contributed by atoms with van der Waals surface area (Å²) in [7, 11) is 0. The first-order valence-corrected chi connectivity index (χ1v) is 8.16.